The highest BCUT2D eigenvalue weighted by molar-refractivity contribution is 5.43. The van der Waals surface area contributed by atoms with Crippen molar-refractivity contribution in [3.05, 3.63) is 12.3 Å². The molecule has 1 N–H and O–H groups in total. The summed E-state index contributed by atoms with van der Waals surface area (Å²) in [5, 5.41) is 3.28. The fourth-order valence-corrected chi connectivity index (χ4v) is 1.71. The predicted molar refractivity (Wildman–Crippen MR) is 68.4 cm³/mol. The minimum Gasteiger partial charge on any atom is -0.378 e. The third-order valence-corrected chi connectivity index (χ3v) is 2.46. The highest BCUT2D eigenvalue weighted by Gasteiger charge is 2.15. The highest BCUT2D eigenvalue weighted by atomic mass is 16.5. The third-order valence-electron chi connectivity index (χ3n) is 2.46. The van der Waals surface area contributed by atoms with Gasteiger partial charge in [-0.1, -0.05) is 0 Å². The number of nitrogens with one attached hydrogen (secondary N) is 1. The summed E-state index contributed by atoms with van der Waals surface area (Å²) in [6.45, 7) is 9.61. The van der Waals surface area contributed by atoms with E-state index in [4.69, 9.17) is 4.74 Å². The fourth-order valence-electron chi connectivity index (χ4n) is 1.71. The van der Waals surface area contributed by atoms with Crippen LogP contribution in [0.15, 0.2) is 12.3 Å². The lowest BCUT2D eigenvalue weighted by atomic mass is 10.1. The van der Waals surface area contributed by atoms with Gasteiger partial charge < -0.3 is 15.0 Å². The molecule has 94 valence electrons. The second-order valence-corrected chi connectivity index (χ2v) is 5.21. The Morgan fingerprint density at radius 2 is 2.00 bits per heavy atom. The monoisotopic (exact) mass is 236 g/mol. The lowest BCUT2D eigenvalue weighted by Crippen LogP contribution is -2.37. The zero-order valence-electron chi connectivity index (χ0n) is 10.7. The van der Waals surface area contributed by atoms with Gasteiger partial charge in [0.1, 0.15) is 5.82 Å². The van der Waals surface area contributed by atoms with Crippen LogP contribution in [0.4, 0.5) is 11.8 Å². The molecule has 17 heavy (non-hydrogen) atoms. The molecular weight excluding hydrogens is 216 g/mol. The van der Waals surface area contributed by atoms with Crippen molar-refractivity contribution in [2.24, 2.45) is 0 Å². The van der Waals surface area contributed by atoms with Crippen LogP contribution in [0.1, 0.15) is 20.8 Å². The van der Waals surface area contributed by atoms with Crippen molar-refractivity contribution >= 4 is 11.8 Å². The fraction of sp³-hybridized carbons (Fsp3) is 0.667. The molecule has 0 aromatic carbocycles. The average molecular weight is 236 g/mol. The van der Waals surface area contributed by atoms with Gasteiger partial charge in [0, 0.05) is 24.8 Å². The molecule has 0 saturated carbocycles. The quantitative estimate of drug-likeness (QED) is 0.843. The Hall–Kier alpha value is -1.36. The van der Waals surface area contributed by atoms with Crippen molar-refractivity contribution in [1.82, 2.24) is 9.97 Å². The van der Waals surface area contributed by atoms with Crippen LogP contribution >= 0.6 is 0 Å². The van der Waals surface area contributed by atoms with E-state index in [2.05, 4.69) is 41.0 Å². The standard InChI is InChI=1S/C12H20N4O/c1-12(2,3)15-11-13-5-4-10(14-11)16-6-8-17-9-7-16/h4-5H,6-9H2,1-3H3,(H,13,14,15). The minimum absolute atomic E-state index is 0.0242. The molecule has 0 amide bonds. The van der Waals surface area contributed by atoms with Crippen LogP contribution in [0.5, 0.6) is 0 Å². The first kappa shape index (κ1) is 12.1. The van der Waals surface area contributed by atoms with Gasteiger partial charge in [0.05, 0.1) is 13.2 Å². The molecule has 1 aliphatic heterocycles. The first-order chi connectivity index (χ1) is 8.04. The molecule has 0 atom stereocenters. The van der Waals surface area contributed by atoms with E-state index in [1.165, 1.54) is 0 Å². The van der Waals surface area contributed by atoms with Gasteiger partial charge in [-0.25, -0.2) is 4.98 Å². The number of nitrogens with zero attached hydrogens (tertiary/aromatic N) is 3. The Morgan fingerprint density at radius 3 is 2.65 bits per heavy atom. The van der Waals surface area contributed by atoms with Crippen molar-refractivity contribution in [2.45, 2.75) is 26.3 Å². The van der Waals surface area contributed by atoms with Gasteiger partial charge >= 0.3 is 0 Å². The molecule has 1 aromatic rings. The summed E-state index contributed by atoms with van der Waals surface area (Å²) in [6, 6.07) is 1.94. The summed E-state index contributed by atoms with van der Waals surface area (Å²) in [7, 11) is 0. The first-order valence-electron chi connectivity index (χ1n) is 5.98. The Balaban J connectivity index is 2.10. The molecular formula is C12H20N4O. The summed E-state index contributed by atoms with van der Waals surface area (Å²) >= 11 is 0. The molecule has 2 rings (SSSR count). The maximum Gasteiger partial charge on any atom is 0.225 e. The van der Waals surface area contributed by atoms with Crippen LogP contribution < -0.4 is 10.2 Å². The second kappa shape index (κ2) is 4.87. The zero-order chi connectivity index (χ0) is 12.3. The number of aromatic nitrogens is 2. The molecule has 1 fully saturated rings. The van der Waals surface area contributed by atoms with Crippen LogP contribution in [0.2, 0.25) is 0 Å². The summed E-state index contributed by atoms with van der Waals surface area (Å²) in [4.78, 5) is 11.0. The molecule has 0 aliphatic carbocycles. The lowest BCUT2D eigenvalue weighted by Gasteiger charge is -2.28. The number of anilines is 2. The highest BCUT2D eigenvalue weighted by Crippen LogP contribution is 2.16. The van der Waals surface area contributed by atoms with Gasteiger partial charge in [0.25, 0.3) is 0 Å². The number of morpholine rings is 1. The second-order valence-electron chi connectivity index (χ2n) is 5.21. The van der Waals surface area contributed by atoms with Gasteiger partial charge in [0.2, 0.25) is 5.95 Å². The third kappa shape index (κ3) is 3.56. The van der Waals surface area contributed by atoms with Crippen molar-refractivity contribution in [3.8, 4) is 0 Å². The Kier molecular flexibility index (Phi) is 3.47. The van der Waals surface area contributed by atoms with Gasteiger partial charge in [-0.3, -0.25) is 0 Å². The first-order valence-corrected chi connectivity index (χ1v) is 5.98. The largest absolute Gasteiger partial charge is 0.378 e. The van der Waals surface area contributed by atoms with Gasteiger partial charge in [-0.05, 0) is 26.8 Å². The van der Waals surface area contributed by atoms with Crippen LogP contribution in [0.25, 0.3) is 0 Å². The molecule has 1 saturated heterocycles. The van der Waals surface area contributed by atoms with Gasteiger partial charge in [-0.15, -0.1) is 0 Å². The van der Waals surface area contributed by atoms with E-state index in [9.17, 15) is 0 Å². The van der Waals surface area contributed by atoms with Crippen LogP contribution in [0, 0.1) is 0 Å². The van der Waals surface area contributed by atoms with E-state index in [-0.39, 0.29) is 5.54 Å². The zero-order valence-corrected chi connectivity index (χ0v) is 10.7. The van der Waals surface area contributed by atoms with E-state index < -0.39 is 0 Å². The molecule has 1 aliphatic rings. The summed E-state index contributed by atoms with van der Waals surface area (Å²) in [6.07, 6.45) is 1.80. The number of rotatable bonds is 2. The molecule has 0 bridgehead atoms. The van der Waals surface area contributed by atoms with Crippen LogP contribution in [-0.4, -0.2) is 41.8 Å². The molecule has 0 radical (unpaired) electrons. The molecule has 5 nitrogen and oxygen atoms in total. The minimum atomic E-state index is -0.0242. The SMILES string of the molecule is CC(C)(C)Nc1nccc(N2CCOCC2)n1. The summed E-state index contributed by atoms with van der Waals surface area (Å²) in [5.41, 5.74) is -0.0242. The normalized spacial score (nSPS) is 17.0. The Morgan fingerprint density at radius 1 is 1.29 bits per heavy atom. The van der Waals surface area contributed by atoms with E-state index in [0.717, 1.165) is 32.1 Å². The molecule has 2 heterocycles. The molecule has 5 heteroatoms. The van der Waals surface area contributed by atoms with Crippen LogP contribution in [-0.2, 0) is 4.74 Å². The molecule has 0 spiro atoms. The van der Waals surface area contributed by atoms with E-state index in [1.54, 1.807) is 6.20 Å². The Bertz CT molecular complexity index is 369. The lowest BCUT2D eigenvalue weighted by molar-refractivity contribution is 0.122. The number of hydrogen-bond acceptors (Lipinski definition) is 5. The Labute approximate surface area is 102 Å². The van der Waals surface area contributed by atoms with Crippen molar-refractivity contribution in [1.29, 1.82) is 0 Å². The maximum atomic E-state index is 5.33. The van der Waals surface area contributed by atoms with Crippen molar-refractivity contribution in [3.63, 3.8) is 0 Å². The van der Waals surface area contributed by atoms with Crippen molar-refractivity contribution in [2.75, 3.05) is 36.5 Å². The molecule has 1 aromatic heterocycles. The van der Waals surface area contributed by atoms with E-state index in [1.807, 2.05) is 6.07 Å². The van der Waals surface area contributed by atoms with Gasteiger partial charge in [-0.2, -0.15) is 4.98 Å². The smallest absolute Gasteiger partial charge is 0.225 e. The predicted octanol–water partition coefficient (Wildman–Crippen LogP) is 1.52. The number of hydrogen-bond donors (Lipinski definition) is 1. The van der Waals surface area contributed by atoms with E-state index in [0.29, 0.717) is 5.95 Å². The molecule has 0 unspecified atom stereocenters. The van der Waals surface area contributed by atoms with Crippen LogP contribution in [0.3, 0.4) is 0 Å². The van der Waals surface area contributed by atoms with Gasteiger partial charge in [0.15, 0.2) is 0 Å². The number of ether oxygens (including phenoxy) is 1. The van der Waals surface area contributed by atoms with Crippen molar-refractivity contribution < 1.29 is 4.74 Å². The topological polar surface area (TPSA) is 50.3 Å². The maximum absolute atomic E-state index is 5.33. The van der Waals surface area contributed by atoms with E-state index >= 15 is 0 Å². The summed E-state index contributed by atoms with van der Waals surface area (Å²) < 4.78 is 5.33. The average Bonchev–Trinajstić information content (AvgIpc) is 2.28. The summed E-state index contributed by atoms with van der Waals surface area (Å²) in [5.74, 6) is 1.65.